The molecule has 0 radical (unpaired) electrons. The number of carbonyl (C=O) groups excluding carboxylic acids is 1. The van der Waals surface area contributed by atoms with E-state index in [0.29, 0.717) is 19.7 Å². The third kappa shape index (κ3) is 6.45. The molecule has 176 valence electrons. The van der Waals surface area contributed by atoms with Crippen molar-refractivity contribution in [3.63, 3.8) is 0 Å². The highest BCUT2D eigenvalue weighted by molar-refractivity contribution is 7.10. The Morgan fingerprint density at radius 1 is 1.25 bits per heavy atom. The Bertz CT molecular complexity index is 841. The molecule has 1 aromatic heterocycles. The number of aliphatic hydroxyl groups is 1. The van der Waals surface area contributed by atoms with Crippen molar-refractivity contribution in [1.82, 2.24) is 9.80 Å². The minimum atomic E-state index is -0.613. The number of rotatable bonds is 12. The minimum absolute atomic E-state index is 0.0586. The van der Waals surface area contributed by atoms with Gasteiger partial charge in [0.1, 0.15) is 18.1 Å². The Labute approximate surface area is 194 Å². The van der Waals surface area contributed by atoms with Gasteiger partial charge in [-0.15, -0.1) is 11.3 Å². The van der Waals surface area contributed by atoms with Crippen molar-refractivity contribution in [1.29, 1.82) is 0 Å². The summed E-state index contributed by atoms with van der Waals surface area (Å²) in [6.07, 6.45) is 1.15. The number of carbonyl (C=O) groups is 1. The van der Waals surface area contributed by atoms with Crippen LogP contribution in [0.3, 0.4) is 0 Å². The predicted molar refractivity (Wildman–Crippen MR) is 126 cm³/mol. The van der Waals surface area contributed by atoms with E-state index in [2.05, 4.69) is 18.4 Å². The summed E-state index contributed by atoms with van der Waals surface area (Å²) >= 11 is 1.74. The number of hydrogen-bond acceptors (Lipinski definition) is 7. The van der Waals surface area contributed by atoms with Crippen molar-refractivity contribution in [2.45, 2.75) is 31.9 Å². The molecule has 7 nitrogen and oxygen atoms in total. The average molecular weight is 463 g/mol. The van der Waals surface area contributed by atoms with Crippen molar-refractivity contribution >= 4 is 17.2 Å². The molecule has 0 saturated heterocycles. The van der Waals surface area contributed by atoms with Gasteiger partial charge in [0.25, 0.3) is 0 Å². The number of nitrogens with zero attached hydrogens (tertiary/aromatic N) is 2. The predicted octanol–water partition coefficient (Wildman–Crippen LogP) is 2.98. The van der Waals surface area contributed by atoms with Gasteiger partial charge in [0.2, 0.25) is 5.91 Å². The third-order valence-electron chi connectivity index (χ3n) is 5.61. The first kappa shape index (κ1) is 24.5. The summed E-state index contributed by atoms with van der Waals surface area (Å²) in [6, 6.07) is 9.46. The van der Waals surface area contributed by atoms with E-state index in [0.717, 1.165) is 30.9 Å². The second-order valence-electron chi connectivity index (χ2n) is 7.98. The maximum atomic E-state index is 13.4. The normalized spacial score (nSPS) is 16.7. The molecule has 1 aromatic carbocycles. The molecule has 0 aliphatic carbocycles. The number of hydrogen-bond donors (Lipinski definition) is 1. The van der Waals surface area contributed by atoms with E-state index in [1.54, 1.807) is 25.6 Å². The maximum Gasteiger partial charge on any atom is 0.237 e. The molecular weight excluding hydrogens is 428 g/mol. The van der Waals surface area contributed by atoms with E-state index in [1.165, 1.54) is 10.4 Å². The van der Waals surface area contributed by atoms with Gasteiger partial charge in [-0.25, -0.2) is 0 Å². The molecule has 1 aliphatic heterocycles. The molecule has 0 saturated carbocycles. The summed E-state index contributed by atoms with van der Waals surface area (Å²) in [5.74, 6) is 1.58. The lowest BCUT2D eigenvalue weighted by Gasteiger charge is -2.37. The Hall–Kier alpha value is -2.13. The Balaban J connectivity index is 1.70. The molecule has 0 unspecified atom stereocenters. The number of ether oxygens (including phenoxy) is 3. The van der Waals surface area contributed by atoms with E-state index >= 15 is 0 Å². The van der Waals surface area contributed by atoms with Gasteiger partial charge < -0.3 is 24.2 Å². The highest BCUT2D eigenvalue weighted by atomic mass is 32.1. The van der Waals surface area contributed by atoms with Crippen molar-refractivity contribution < 1.29 is 24.1 Å². The van der Waals surface area contributed by atoms with Crippen LogP contribution < -0.4 is 9.47 Å². The smallest absolute Gasteiger partial charge is 0.237 e. The molecular formula is C24H34N2O5S. The highest BCUT2D eigenvalue weighted by Gasteiger charge is 2.33. The lowest BCUT2D eigenvalue weighted by molar-refractivity contribution is -0.136. The summed E-state index contributed by atoms with van der Waals surface area (Å²) < 4.78 is 16.3. The number of thiophene rings is 1. The van der Waals surface area contributed by atoms with Crippen LogP contribution >= 0.6 is 11.3 Å². The Morgan fingerprint density at radius 2 is 2.00 bits per heavy atom. The second kappa shape index (κ2) is 12.2. The number of amides is 1. The first-order chi connectivity index (χ1) is 15.5. The highest BCUT2D eigenvalue weighted by Crippen LogP contribution is 2.34. The van der Waals surface area contributed by atoms with Gasteiger partial charge in [-0.2, -0.15) is 0 Å². The first-order valence-corrected chi connectivity index (χ1v) is 12.0. The molecule has 2 atom stereocenters. The quantitative estimate of drug-likeness (QED) is 0.523. The molecule has 2 heterocycles. The van der Waals surface area contributed by atoms with Crippen molar-refractivity contribution in [3.05, 3.63) is 46.2 Å². The van der Waals surface area contributed by atoms with E-state index in [9.17, 15) is 9.90 Å². The molecule has 1 aliphatic rings. The zero-order chi connectivity index (χ0) is 22.9. The van der Waals surface area contributed by atoms with Crippen LogP contribution in [0.4, 0.5) is 0 Å². The fraction of sp³-hybridized carbons (Fsp3) is 0.542. The molecule has 32 heavy (non-hydrogen) atoms. The lowest BCUT2D eigenvalue weighted by atomic mass is 10.0. The molecule has 0 spiro atoms. The van der Waals surface area contributed by atoms with Gasteiger partial charge in [0, 0.05) is 25.1 Å². The largest absolute Gasteiger partial charge is 0.497 e. The zero-order valence-electron chi connectivity index (χ0n) is 19.2. The minimum Gasteiger partial charge on any atom is -0.497 e. The van der Waals surface area contributed by atoms with Gasteiger partial charge >= 0.3 is 0 Å². The zero-order valence-corrected chi connectivity index (χ0v) is 20.0. The maximum absolute atomic E-state index is 13.4. The average Bonchev–Trinajstić information content (AvgIpc) is 3.27. The molecule has 8 heteroatoms. The first-order valence-electron chi connectivity index (χ1n) is 11.1. The van der Waals surface area contributed by atoms with E-state index in [-0.39, 0.29) is 25.1 Å². The van der Waals surface area contributed by atoms with Gasteiger partial charge in [0.15, 0.2) is 0 Å². The van der Waals surface area contributed by atoms with E-state index < -0.39 is 6.10 Å². The number of fused-ring (bicyclic) bond motifs is 1. The molecule has 3 rings (SSSR count). The van der Waals surface area contributed by atoms with Crippen LogP contribution in [0.2, 0.25) is 0 Å². The molecule has 1 amide bonds. The van der Waals surface area contributed by atoms with Gasteiger partial charge in [0.05, 0.1) is 32.4 Å². The molecule has 1 N–H and O–H groups in total. The fourth-order valence-electron chi connectivity index (χ4n) is 4.10. The summed E-state index contributed by atoms with van der Waals surface area (Å²) in [4.78, 5) is 18.6. The second-order valence-corrected chi connectivity index (χ2v) is 8.98. The van der Waals surface area contributed by atoms with Crippen LogP contribution in [0.5, 0.6) is 11.5 Å². The van der Waals surface area contributed by atoms with Crippen molar-refractivity contribution in [2.75, 3.05) is 53.6 Å². The van der Waals surface area contributed by atoms with Gasteiger partial charge in [-0.05, 0) is 60.7 Å². The summed E-state index contributed by atoms with van der Waals surface area (Å²) in [5.41, 5.74) is 1.17. The number of aliphatic hydroxyl groups excluding tert-OH is 1. The van der Waals surface area contributed by atoms with Gasteiger partial charge in [-0.1, -0.05) is 6.92 Å². The van der Waals surface area contributed by atoms with Crippen LogP contribution in [0.25, 0.3) is 0 Å². The van der Waals surface area contributed by atoms with Crippen LogP contribution in [0.15, 0.2) is 35.7 Å². The van der Waals surface area contributed by atoms with E-state index in [1.807, 2.05) is 34.1 Å². The summed E-state index contributed by atoms with van der Waals surface area (Å²) in [5, 5.41) is 12.2. The fourth-order valence-corrected chi connectivity index (χ4v) is 5.03. The van der Waals surface area contributed by atoms with E-state index in [4.69, 9.17) is 14.2 Å². The standard InChI is InChI=1S/C24H34N2O5S/c1-4-11-25(14-18(27)16-29-2)15-24(28)26-12-9-23-21(10-13-32-23)22(26)17-31-20-7-5-19(30-3)6-8-20/h5-8,10,13,18,22,27H,4,9,11-12,14-17H2,1-3H3/t18-,22-/m1/s1. The van der Waals surface area contributed by atoms with Crippen molar-refractivity contribution in [3.8, 4) is 11.5 Å². The Morgan fingerprint density at radius 3 is 2.69 bits per heavy atom. The number of benzene rings is 1. The molecule has 0 fully saturated rings. The summed E-state index contributed by atoms with van der Waals surface area (Å²) in [7, 11) is 3.20. The van der Waals surface area contributed by atoms with Gasteiger partial charge in [-0.3, -0.25) is 9.69 Å². The molecule has 2 aromatic rings. The lowest BCUT2D eigenvalue weighted by Crippen LogP contribution is -2.48. The Kier molecular flexibility index (Phi) is 9.35. The third-order valence-corrected chi connectivity index (χ3v) is 6.61. The topological polar surface area (TPSA) is 71.5 Å². The number of methoxy groups -OCH3 is 2. The van der Waals surface area contributed by atoms with Crippen LogP contribution in [-0.2, 0) is 16.0 Å². The van der Waals surface area contributed by atoms with Crippen LogP contribution in [0, 0.1) is 0 Å². The molecule has 0 bridgehead atoms. The van der Waals surface area contributed by atoms with Crippen LogP contribution in [0.1, 0.15) is 29.8 Å². The monoisotopic (exact) mass is 462 g/mol. The van der Waals surface area contributed by atoms with Crippen molar-refractivity contribution in [2.24, 2.45) is 0 Å². The van der Waals surface area contributed by atoms with Crippen LogP contribution in [-0.4, -0.2) is 80.5 Å². The SMILES string of the molecule is CCCN(CC(=O)N1CCc2sccc2[C@H]1COc1ccc(OC)cc1)C[C@@H](O)COC. The summed E-state index contributed by atoms with van der Waals surface area (Å²) in [6.45, 7) is 4.83.